The van der Waals surface area contributed by atoms with Crippen molar-refractivity contribution in [2.45, 2.75) is 5.25 Å². The Morgan fingerprint density at radius 2 is 1.93 bits per heavy atom. The van der Waals surface area contributed by atoms with E-state index in [2.05, 4.69) is 6.58 Å². The third-order valence-corrected chi connectivity index (χ3v) is 3.51. The van der Waals surface area contributed by atoms with Crippen LogP contribution in [-0.2, 0) is 10.1 Å². The van der Waals surface area contributed by atoms with Gasteiger partial charge >= 0.3 is 0 Å². The summed E-state index contributed by atoms with van der Waals surface area (Å²) in [6.07, 6.45) is 3.13. The lowest BCUT2D eigenvalue weighted by Gasteiger charge is -2.19. The molecule has 1 aromatic carbocycles. The first-order valence-corrected chi connectivity index (χ1v) is 5.93. The Balaban J connectivity index is 2.56. The van der Waals surface area contributed by atoms with E-state index in [4.69, 9.17) is 4.55 Å². The van der Waals surface area contributed by atoms with Crippen molar-refractivity contribution >= 4 is 21.8 Å². The molecule has 0 heterocycles. The summed E-state index contributed by atoms with van der Waals surface area (Å²) < 4.78 is 31.1. The quantitative estimate of drug-likeness (QED) is 0.739. The van der Waals surface area contributed by atoms with Crippen molar-refractivity contribution in [2.75, 3.05) is 0 Å². The van der Waals surface area contributed by atoms with Gasteiger partial charge in [0, 0.05) is 0 Å². The van der Waals surface area contributed by atoms with Crippen molar-refractivity contribution in [1.29, 1.82) is 0 Å². The zero-order valence-corrected chi connectivity index (χ0v) is 8.74. The van der Waals surface area contributed by atoms with Gasteiger partial charge in [-0.25, -0.2) is 0 Å². The molecule has 0 aliphatic heterocycles. The predicted molar refractivity (Wildman–Crippen MR) is 59.8 cm³/mol. The van der Waals surface area contributed by atoms with E-state index in [0.717, 1.165) is 11.1 Å². The maximum absolute atomic E-state index is 11.0. The van der Waals surface area contributed by atoms with Gasteiger partial charge in [0.15, 0.2) is 0 Å². The molecule has 78 valence electrons. The molecule has 0 radical (unpaired) electrons. The maximum atomic E-state index is 11.0. The van der Waals surface area contributed by atoms with E-state index in [0.29, 0.717) is 5.57 Å². The summed E-state index contributed by atoms with van der Waals surface area (Å²) in [6.45, 7) is 3.71. The Morgan fingerprint density at radius 1 is 1.27 bits per heavy atom. The smallest absolute Gasteiger partial charge is 0.275 e. The van der Waals surface area contributed by atoms with Crippen LogP contribution in [0.5, 0.6) is 0 Å². The maximum Gasteiger partial charge on any atom is 0.275 e. The molecule has 4 heteroatoms. The topological polar surface area (TPSA) is 54.4 Å². The van der Waals surface area contributed by atoms with Crippen molar-refractivity contribution in [1.82, 2.24) is 0 Å². The second kappa shape index (κ2) is 3.32. The van der Waals surface area contributed by atoms with Crippen molar-refractivity contribution in [3.05, 3.63) is 48.0 Å². The SMILES string of the molecule is C=C1c2ccccc2C=CC1S(=O)(=O)O. The second-order valence-electron chi connectivity index (χ2n) is 3.41. The molecule has 0 fully saturated rings. The standard InChI is InChI=1S/C11H10O3S/c1-8-10-5-3-2-4-9(10)6-7-11(8)15(12,13)14/h2-7,11H,1H2,(H,12,13,14). The first-order valence-electron chi connectivity index (χ1n) is 4.43. The molecule has 1 aromatic rings. The van der Waals surface area contributed by atoms with E-state index in [9.17, 15) is 8.42 Å². The molecule has 1 atom stereocenters. The molecule has 1 unspecified atom stereocenters. The van der Waals surface area contributed by atoms with Gasteiger partial charge < -0.3 is 0 Å². The summed E-state index contributed by atoms with van der Waals surface area (Å²) in [5.74, 6) is 0. The highest BCUT2D eigenvalue weighted by Crippen LogP contribution is 2.30. The van der Waals surface area contributed by atoms with Crippen LogP contribution in [0.1, 0.15) is 11.1 Å². The average Bonchev–Trinajstić information content (AvgIpc) is 2.16. The van der Waals surface area contributed by atoms with Crippen LogP contribution in [0.4, 0.5) is 0 Å². The Morgan fingerprint density at radius 3 is 2.60 bits per heavy atom. The summed E-state index contributed by atoms with van der Waals surface area (Å²) in [5, 5.41) is -1.02. The van der Waals surface area contributed by atoms with Crippen LogP contribution >= 0.6 is 0 Å². The molecule has 2 rings (SSSR count). The van der Waals surface area contributed by atoms with Crippen molar-refractivity contribution in [2.24, 2.45) is 0 Å². The molecular formula is C11H10O3S. The van der Waals surface area contributed by atoms with Crippen molar-refractivity contribution in [3.63, 3.8) is 0 Å². The Labute approximate surface area is 88.5 Å². The third kappa shape index (κ3) is 1.73. The van der Waals surface area contributed by atoms with E-state index in [1.54, 1.807) is 12.1 Å². The zero-order chi connectivity index (χ0) is 11.1. The van der Waals surface area contributed by atoms with Crippen LogP contribution in [0.15, 0.2) is 36.9 Å². The van der Waals surface area contributed by atoms with Gasteiger partial charge in [-0.05, 0) is 16.7 Å². The highest BCUT2D eigenvalue weighted by molar-refractivity contribution is 7.87. The van der Waals surface area contributed by atoms with Crippen LogP contribution in [0.2, 0.25) is 0 Å². The molecule has 0 spiro atoms. The minimum atomic E-state index is -4.10. The first-order chi connectivity index (χ1) is 7.00. The molecule has 0 aromatic heterocycles. The van der Waals surface area contributed by atoms with Gasteiger partial charge in [0.05, 0.1) is 0 Å². The summed E-state index contributed by atoms with van der Waals surface area (Å²) in [4.78, 5) is 0. The normalized spacial score (nSPS) is 20.1. The van der Waals surface area contributed by atoms with Crippen LogP contribution < -0.4 is 0 Å². The third-order valence-electron chi connectivity index (χ3n) is 2.42. The molecular weight excluding hydrogens is 212 g/mol. The van der Waals surface area contributed by atoms with E-state index >= 15 is 0 Å². The number of rotatable bonds is 1. The first kappa shape index (κ1) is 10.1. The zero-order valence-electron chi connectivity index (χ0n) is 7.92. The van der Waals surface area contributed by atoms with Gasteiger partial charge in [0.1, 0.15) is 5.25 Å². The molecule has 0 saturated heterocycles. The fraction of sp³-hybridized carbons (Fsp3) is 0.0909. The van der Waals surface area contributed by atoms with Gasteiger partial charge in [-0.1, -0.05) is 43.0 Å². The van der Waals surface area contributed by atoms with E-state index in [1.807, 2.05) is 18.2 Å². The van der Waals surface area contributed by atoms with Gasteiger partial charge in [0.2, 0.25) is 0 Å². The van der Waals surface area contributed by atoms with E-state index in [-0.39, 0.29) is 0 Å². The van der Waals surface area contributed by atoms with Crippen LogP contribution in [0.25, 0.3) is 11.6 Å². The van der Waals surface area contributed by atoms with Crippen LogP contribution in [0.3, 0.4) is 0 Å². The van der Waals surface area contributed by atoms with Crippen LogP contribution in [-0.4, -0.2) is 18.2 Å². The lowest BCUT2D eigenvalue weighted by atomic mass is 9.93. The van der Waals surface area contributed by atoms with Gasteiger partial charge in [-0.2, -0.15) is 8.42 Å². The predicted octanol–water partition coefficient (Wildman–Crippen LogP) is 1.98. The fourth-order valence-electron chi connectivity index (χ4n) is 1.67. The molecule has 0 amide bonds. The summed E-state index contributed by atoms with van der Waals surface area (Å²) in [7, 11) is -4.10. The molecule has 0 bridgehead atoms. The molecule has 1 aliphatic carbocycles. The summed E-state index contributed by atoms with van der Waals surface area (Å²) >= 11 is 0. The second-order valence-corrected chi connectivity index (χ2v) is 4.94. The van der Waals surface area contributed by atoms with Crippen molar-refractivity contribution < 1.29 is 13.0 Å². The minimum absolute atomic E-state index is 0.413. The number of hydrogen-bond acceptors (Lipinski definition) is 2. The largest absolute Gasteiger partial charge is 0.285 e. The highest BCUT2D eigenvalue weighted by atomic mass is 32.2. The minimum Gasteiger partial charge on any atom is -0.285 e. The number of fused-ring (bicyclic) bond motifs is 1. The van der Waals surface area contributed by atoms with E-state index < -0.39 is 15.4 Å². The summed E-state index contributed by atoms with van der Waals surface area (Å²) in [6, 6.07) is 7.34. The van der Waals surface area contributed by atoms with Crippen LogP contribution in [0, 0.1) is 0 Å². The average molecular weight is 222 g/mol. The molecule has 15 heavy (non-hydrogen) atoms. The van der Waals surface area contributed by atoms with Gasteiger partial charge in [-0.3, -0.25) is 4.55 Å². The van der Waals surface area contributed by atoms with E-state index in [1.165, 1.54) is 6.08 Å². The van der Waals surface area contributed by atoms with Gasteiger partial charge in [-0.15, -0.1) is 0 Å². The molecule has 3 nitrogen and oxygen atoms in total. The Kier molecular flexibility index (Phi) is 2.25. The summed E-state index contributed by atoms with van der Waals surface area (Å²) in [5.41, 5.74) is 2.10. The lowest BCUT2D eigenvalue weighted by Crippen LogP contribution is -2.21. The Bertz CT molecular complexity index is 541. The highest BCUT2D eigenvalue weighted by Gasteiger charge is 2.27. The number of hydrogen-bond donors (Lipinski definition) is 1. The molecule has 0 saturated carbocycles. The molecule has 1 N–H and O–H groups in total. The number of benzene rings is 1. The van der Waals surface area contributed by atoms with Gasteiger partial charge in [0.25, 0.3) is 10.1 Å². The van der Waals surface area contributed by atoms with Crippen molar-refractivity contribution in [3.8, 4) is 0 Å². The molecule has 1 aliphatic rings. The fourth-order valence-corrected chi connectivity index (χ4v) is 2.44. The lowest BCUT2D eigenvalue weighted by molar-refractivity contribution is 0.481. The Hall–Kier alpha value is -1.39. The monoisotopic (exact) mass is 222 g/mol.